The second-order valence-electron chi connectivity index (χ2n) is 7.64. The van der Waals surface area contributed by atoms with E-state index in [1.165, 1.54) is 5.57 Å². The van der Waals surface area contributed by atoms with Gasteiger partial charge in [0.05, 0.1) is 6.61 Å². The van der Waals surface area contributed by atoms with Crippen LogP contribution in [0.15, 0.2) is 46.0 Å². The molecule has 0 radical (unpaired) electrons. The van der Waals surface area contributed by atoms with Crippen LogP contribution in [0, 0.1) is 5.41 Å². The highest BCUT2D eigenvalue weighted by molar-refractivity contribution is 6.31. The third-order valence-electron chi connectivity index (χ3n) is 4.45. The number of hydrogen-bond acceptors (Lipinski definition) is 5. The summed E-state index contributed by atoms with van der Waals surface area (Å²) in [6.07, 6.45) is 5.17. The number of benzene rings is 1. The first-order valence-corrected chi connectivity index (χ1v) is 9.53. The van der Waals surface area contributed by atoms with E-state index in [0.717, 1.165) is 12.1 Å². The number of fused-ring (bicyclic) bond motifs is 1. The largest absolute Gasteiger partial charge is 0.440 e. The molecule has 0 spiro atoms. The van der Waals surface area contributed by atoms with Crippen LogP contribution in [0.1, 0.15) is 27.2 Å². The van der Waals surface area contributed by atoms with Gasteiger partial charge in [0.25, 0.3) is 5.91 Å². The summed E-state index contributed by atoms with van der Waals surface area (Å²) < 4.78 is 16.2. The summed E-state index contributed by atoms with van der Waals surface area (Å²) in [6, 6.07) is 5.11. The van der Waals surface area contributed by atoms with E-state index in [4.69, 9.17) is 25.5 Å². The molecule has 0 bridgehead atoms. The molecule has 6 nitrogen and oxygen atoms in total. The van der Waals surface area contributed by atoms with Crippen LogP contribution in [0.25, 0.3) is 11.1 Å². The van der Waals surface area contributed by atoms with Crippen LogP contribution in [0.3, 0.4) is 0 Å². The highest BCUT2D eigenvalue weighted by Crippen LogP contribution is 2.34. The van der Waals surface area contributed by atoms with Crippen LogP contribution < -0.4 is 4.74 Å². The first kappa shape index (κ1) is 20.4. The van der Waals surface area contributed by atoms with Crippen LogP contribution in [0.2, 0.25) is 5.02 Å². The molecule has 1 aliphatic carbocycles. The molecule has 150 valence electrons. The molecule has 0 N–H and O–H groups in total. The minimum absolute atomic E-state index is 0.0137. The van der Waals surface area contributed by atoms with Gasteiger partial charge in [-0.05, 0) is 43.0 Å². The van der Waals surface area contributed by atoms with Gasteiger partial charge in [0, 0.05) is 24.4 Å². The molecule has 1 amide bonds. The van der Waals surface area contributed by atoms with Crippen molar-refractivity contribution in [3.63, 3.8) is 0 Å². The van der Waals surface area contributed by atoms with Gasteiger partial charge in [-0.1, -0.05) is 37.1 Å². The lowest BCUT2D eigenvalue weighted by atomic mass is 9.81. The quantitative estimate of drug-likeness (QED) is 0.675. The Kier molecular flexibility index (Phi) is 6.10. The zero-order valence-electron chi connectivity index (χ0n) is 16.6. The van der Waals surface area contributed by atoms with E-state index in [1.54, 1.807) is 30.2 Å². The summed E-state index contributed by atoms with van der Waals surface area (Å²) in [5.74, 6) is -0.190. The predicted octanol–water partition coefficient (Wildman–Crippen LogP) is 4.60. The molecule has 2 aromatic rings. The molecule has 0 atom stereocenters. The number of allylic oxidation sites excluding steroid dienone is 3. The van der Waals surface area contributed by atoms with E-state index in [9.17, 15) is 4.79 Å². The number of rotatable bonds is 7. The van der Waals surface area contributed by atoms with Crippen molar-refractivity contribution in [3.05, 3.63) is 46.6 Å². The third kappa shape index (κ3) is 4.94. The summed E-state index contributed by atoms with van der Waals surface area (Å²) in [7, 11) is 1.61. The van der Waals surface area contributed by atoms with E-state index in [1.807, 2.05) is 6.08 Å². The van der Waals surface area contributed by atoms with Gasteiger partial charge < -0.3 is 18.8 Å². The van der Waals surface area contributed by atoms with Gasteiger partial charge in [-0.2, -0.15) is 4.98 Å². The van der Waals surface area contributed by atoms with Crippen LogP contribution in [-0.2, 0) is 9.53 Å². The summed E-state index contributed by atoms with van der Waals surface area (Å²) in [6.45, 7) is 7.07. The Morgan fingerprint density at radius 3 is 2.89 bits per heavy atom. The number of halogens is 1. The molecule has 3 rings (SSSR count). The number of aromatic nitrogens is 1. The Balaban J connectivity index is 1.74. The van der Waals surface area contributed by atoms with E-state index in [0.29, 0.717) is 29.3 Å². The van der Waals surface area contributed by atoms with Crippen LogP contribution in [-0.4, -0.2) is 42.7 Å². The van der Waals surface area contributed by atoms with Crippen LogP contribution in [0.4, 0.5) is 0 Å². The van der Waals surface area contributed by atoms with E-state index in [2.05, 4.69) is 31.8 Å². The number of carbonyl (C=O) groups excluding carboxylic acids is 1. The first-order valence-electron chi connectivity index (χ1n) is 9.16. The third-order valence-corrected chi connectivity index (χ3v) is 4.68. The molecule has 0 saturated heterocycles. The van der Waals surface area contributed by atoms with Crippen molar-refractivity contribution in [2.75, 3.05) is 26.9 Å². The van der Waals surface area contributed by atoms with Gasteiger partial charge in [0.2, 0.25) is 0 Å². The number of carbonyl (C=O) groups is 1. The molecule has 1 heterocycles. The van der Waals surface area contributed by atoms with Crippen molar-refractivity contribution in [1.82, 2.24) is 9.88 Å². The van der Waals surface area contributed by atoms with Gasteiger partial charge in [-0.25, -0.2) is 0 Å². The van der Waals surface area contributed by atoms with Crippen LogP contribution >= 0.6 is 11.6 Å². The number of methoxy groups -OCH3 is 1. The lowest BCUT2D eigenvalue weighted by Gasteiger charge is -2.32. The molecule has 1 aromatic heterocycles. The summed E-state index contributed by atoms with van der Waals surface area (Å²) in [5.41, 5.74) is 3.22. The van der Waals surface area contributed by atoms with Crippen molar-refractivity contribution >= 4 is 28.6 Å². The lowest BCUT2D eigenvalue weighted by Crippen LogP contribution is -2.37. The Labute approximate surface area is 169 Å². The minimum atomic E-state index is -0.190. The molecule has 0 saturated carbocycles. The van der Waals surface area contributed by atoms with Crippen molar-refractivity contribution in [2.45, 2.75) is 27.2 Å². The van der Waals surface area contributed by atoms with Gasteiger partial charge in [-0.15, -0.1) is 0 Å². The SMILES string of the molecule is COCCN(C(=O)COc1nc2cc(Cl)ccc2o1)C1=CC(C)(C)CC(C)=C1. The standard InChI is InChI=1S/C21H25ClN2O4/c1-14-9-16(12-21(2,3)11-14)24(7-8-26-4)19(25)13-27-20-23-17-10-15(22)5-6-18(17)28-20/h5-6,9-10,12H,7-8,11,13H2,1-4H3. The fourth-order valence-electron chi connectivity index (χ4n) is 3.39. The maximum Gasteiger partial charge on any atom is 0.395 e. The van der Waals surface area contributed by atoms with Crippen molar-refractivity contribution in [3.8, 4) is 6.08 Å². The van der Waals surface area contributed by atoms with E-state index in [-0.39, 0.29) is 24.0 Å². The topological polar surface area (TPSA) is 64.8 Å². The second-order valence-corrected chi connectivity index (χ2v) is 8.08. The fraction of sp³-hybridized carbons (Fsp3) is 0.429. The monoisotopic (exact) mass is 404 g/mol. The molecule has 7 heteroatoms. The zero-order valence-corrected chi connectivity index (χ0v) is 17.4. The first-order chi connectivity index (χ1) is 13.3. The summed E-state index contributed by atoms with van der Waals surface area (Å²) in [4.78, 5) is 18.8. The average Bonchev–Trinajstić information content (AvgIpc) is 3.00. The Morgan fingerprint density at radius 1 is 1.39 bits per heavy atom. The smallest absolute Gasteiger partial charge is 0.395 e. The molecule has 0 fully saturated rings. The predicted molar refractivity (Wildman–Crippen MR) is 108 cm³/mol. The molecule has 0 unspecified atom stereocenters. The Bertz CT molecular complexity index is 930. The minimum Gasteiger partial charge on any atom is -0.440 e. The highest BCUT2D eigenvalue weighted by Gasteiger charge is 2.26. The van der Waals surface area contributed by atoms with Crippen molar-refractivity contribution in [1.29, 1.82) is 0 Å². The molecular formula is C21H25ClN2O4. The molecule has 1 aliphatic rings. The van der Waals surface area contributed by atoms with Gasteiger partial charge in [-0.3, -0.25) is 4.79 Å². The maximum atomic E-state index is 12.9. The van der Waals surface area contributed by atoms with E-state index >= 15 is 0 Å². The molecule has 28 heavy (non-hydrogen) atoms. The Morgan fingerprint density at radius 2 is 2.18 bits per heavy atom. The fourth-order valence-corrected chi connectivity index (χ4v) is 3.56. The number of ether oxygens (including phenoxy) is 2. The number of nitrogens with zero attached hydrogens (tertiary/aromatic N) is 2. The van der Waals surface area contributed by atoms with Crippen molar-refractivity contribution < 1.29 is 18.7 Å². The zero-order chi connectivity index (χ0) is 20.3. The van der Waals surface area contributed by atoms with Gasteiger partial charge >= 0.3 is 6.08 Å². The summed E-state index contributed by atoms with van der Waals surface area (Å²) >= 11 is 5.96. The highest BCUT2D eigenvalue weighted by atomic mass is 35.5. The Hall–Kier alpha value is -2.31. The lowest BCUT2D eigenvalue weighted by molar-refractivity contribution is -0.132. The normalized spacial score (nSPS) is 15.9. The average molecular weight is 405 g/mol. The number of hydrogen-bond donors (Lipinski definition) is 0. The van der Waals surface area contributed by atoms with E-state index < -0.39 is 0 Å². The maximum absolute atomic E-state index is 12.9. The second kappa shape index (κ2) is 8.37. The van der Waals surface area contributed by atoms with Gasteiger partial charge in [0.1, 0.15) is 5.52 Å². The molecule has 0 aliphatic heterocycles. The van der Waals surface area contributed by atoms with Crippen LogP contribution in [0.5, 0.6) is 6.08 Å². The molecule has 1 aromatic carbocycles. The van der Waals surface area contributed by atoms with Gasteiger partial charge in [0.15, 0.2) is 12.2 Å². The summed E-state index contributed by atoms with van der Waals surface area (Å²) in [5, 5.41) is 0.558. The number of amides is 1. The number of oxazole rings is 1. The molecular weight excluding hydrogens is 380 g/mol. The van der Waals surface area contributed by atoms with Crippen molar-refractivity contribution in [2.24, 2.45) is 5.41 Å².